The van der Waals surface area contributed by atoms with Crippen LogP contribution in [0.25, 0.3) is 22.0 Å². The van der Waals surface area contributed by atoms with E-state index in [4.69, 9.17) is 4.98 Å². The van der Waals surface area contributed by atoms with E-state index in [9.17, 15) is 4.39 Å². The van der Waals surface area contributed by atoms with Crippen LogP contribution in [-0.2, 0) is 12.8 Å². The Morgan fingerprint density at radius 1 is 0.950 bits per heavy atom. The lowest BCUT2D eigenvalue weighted by atomic mass is 9.95. The maximum atomic E-state index is 13.7. The summed E-state index contributed by atoms with van der Waals surface area (Å²) < 4.78 is 13.7. The lowest BCUT2D eigenvalue weighted by Crippen LogP contribution is -1.95. The predicted molar refractivity (Wildman–Crippen MR) is 79.2 cm³/mol. The SMILES string of the molecule is Fc1ccc2nc3c(c(-c4ccccc4)c2c1)CCC3. The maximum Gasteiger partial charge on any atom is 0.123 e. The van der Waals surface area contributed by atoms with Gasteiger partial charge in [0.05, 0.1) is 5.52 Å². The summed E-state index contributed by atoms with van der Waals surface area (Å²) in [6.07, 6.45) is 3.21. The summed E-state index contributed by atoms with van der Waals surface area (Å²) in [5, 5.41) is 0.928. The van der Waals surface area contributed by atoms with Gasteiger partial charge in [0.15, 0.2) is 0 Å². The Labute approximate surface area is 117 Å². The number of hydrogen-bond donors (Lipinski definition) is 0. The van der Waals surface area contributed by atoms with E-state index in [0.29, 0.717) is 0 Å². The highest BCUT2D eigenvalue weighted by atomic mass is 19.1. The monoisotopic (exact) mass is 263 g/mol. The summed E-state index contributed by atoms with van der Waals surface area (Å²) in [5.41, 5.74) is 5.70. The fourth-order valence-corrected chi connectivity index (χ4v) is 3.17. The standard InChI is InChI=1S/C18H14FN/c19-13-9-10-17-15(11-13)18(12-5-2-1-3-6-12)14-7-4-8-16(14)20-17/h1-3,5-6,9-11H,4,7-8H2. The fraction of sp³-hybridized carbons (Fsp3) is 0.167. The summed E-state index contributed by atoms with van der Waals surface area (Å²) in [7, 11) is 0. The highest BCUT2D eigenvalue weighted by Crippen LogP contribution is 2.37. The first-order valence-electron chi connectivity index (χ1n) is 6.99. The molecule has 1 nitrogen and oxygen atoms in total. The molecule has 3 aromatic rings. The minimum atomic E-state index is -0.200. The van der Waals surface area contributed by atoms with E-state index in [2.05, 4.69) is 12.1 Å². The van der Waals surface area contributed by atoms with Crippen molar-refractivity contribution in [3.05, 3.63) is 65.6 Å². The second kappa shape index (κ2) is 4.41. The summed E-state index contributed by atoms with van der Waals surface area (Å²) >= 11 is 0. The summed E-state index contributed by atoms with van der Waals surface area (Å²) in [6, 6.07) is 15.2. The first-order chi connectivity index (χ1) is 9.83. The van der Waals surface area contributed by atoms with E-state index < -0.39 is 0 Å². The molecule has 20 heavy (non-hydrogen) atoms. The zero-order chi connectivity index (χ0) is 13.5. The van der Waals surface area contributed by atoms with Gasteiger partial charge in [0, 0.05) is 11.1 Å². The highest BCUT2D eigenvalue weighted by molar-refractivity contribution is 5.96. The molecular weight excluding hydrogens is 249 g/mol. The van der Waals surface area contributed by atoms with Crippen LogP contribution in [-0.4, -0.2) is 4.98 Å². The van der Waals surface area contributed by atoms with E-state index >= 15 is 0 Å². The van der Waals surface area contributed by atoms with Crippen LogP contribution in [0.2, 0.25) is 0 Å². The number of benzene rings is 2. The van der Waals surface area contributed by atoms with Crippen LogP contribution >= 0.6 is 0 Å². The van der Waals surface area contributed by atoms with Crippen molar-refractivity contribution < 1.29 is 4.39 Å². The molecule has 0 fully saturated rings. The molecule has 1 aliphatic carbocycles. The van der Waals surface area contributed by atoms with Crippen LogP contribution in [0.3, 0.4) is 0 Å². The quantitative estimate of drug-likeness (QED) is 0.628. The Kier molecular flexibility index (Phi) is 2.56. The van der Waals surface area contributed by atoms with Gasteiger partial charge < -0.3 is 0 Å². The second-order valence-electron chi connectivity index (χ2n) is 5.29. The molecule has 98 valence electrons. The van der Waals surface area contributed by atoms with Gasteiger partial charge in [0.25, 0.3) is 0 Å². The van der Waals surface area contributed by atoms with E-state index in [-0.39, 0.29) is 5.82 Å². The Morgan fingerprint density at radius 2 is 1.80 bits per heavy atom. The molecule has 0 amide bonds. The van der Waals surface area contributed by atoms with Crippen LogP contribution in [0, 0.1) is 5.82 Å². The molecule has 1 aliphatic rings. The van der Waals surface area contributed by atoms with E-state index in [0.717, 1.165) is 35.7 Å². The number of aryl methyl sites for hydroxylation is 1. The van der Waals surface area contributed by atoms with Gasteiger partial charge in [0.2, 0.25) is 0 Å². The average Bonchev–Trinajstić information content (AvgIpc) is 2.93. The third-order valence-corrected chi connectivity index (χ3v) is 4.04. The molecule has 0 atom stereocenters. The first-order valence-corrected chi connectivity index (χ1v) is 6.99. The van der Waals surface area contributed by atoms with Gasteiger partial charge in [-0.25, -0.2) is 4.39 Å². The molecule has 0 bridgehead atoms. The molecule has 0 unspecified atom stereocenters. The van der Waals surface area contributed by atoms with Crippen molar-refractivity contribution in [2.24, 2.45) is 0 Å². The Bertz CT molecular complexity index is 793. The van der Waals surface area contributed by atoms with Gasteiger partial charge in [-0.05, 0) is 54.2 Å². The van der Waals surface area contributed by atoms with Crippen LogP contribution in [0.5, 0.6) is 0 Å². The lowest BCUT2D eigenvalue weighted by molar-refractivity contribution is 0.629. The van der Waals surface area contributed by atoms with Crippen molar-refractivity contribution in [1.82, 2.24) is 4.98 Å². The van der Waals surface area contributed by atoms with Crippen molar-refractivity contribution in [3.63, 3.8) is 0 Å². The van der Waals surface area contributed by atoms with Gasteiger partial charge in [-0.1, -0.05) is 30.3 Å². The molecule has 0 radical (unpaired) electrons. The molecule has 0 aliphatic heterocycles. The summed E-state index contributed by atoms with van der Waals surface area (Å²) in [4.78, 5) is 4.72. The van der Waals surface area contributed by atoms with E-state index in [1.165, 1.54) is 22.9 Å². The number of pyridine rings is 1. The maximum absolute atomic E-state index is 13.7. The molecule has 0 N–H and O–H groups in total. The average molecular weight is 263 g/mol. The van der Waals surface area contributed by atoms with Crippen molar-refractivity contribution in [1.29, 1.82) is 0 Å². The Hall–Kier alpha value is -2.22. The molecule has 2 heteroatoms. The van der Waals surface area contributed by atoms with Crippen LogP contribution < -0.4 is 0 Å². The third-order valence-electron chi connectivity index (χ3n) is 4.04. The number of rotatable bonds is 1. The smallest absolute Gasteiger partial charge is 0.123 e. The third kappa shape index (κ3) is 1.72. The van der Waals surface area contributed by atoms with Crippen LogP contribution in [0.4, 0.5) is 4.39 Å². The topological polar surface area (TPSA) is 12.9 Å². The molecule has 0 spiro atoms. The van der Waals surface area contributed by atoms with Crippen molar-refractivity contribution >= 4 is 10.9 Å². The molecule has 1 aromatic heterocycles. The highest BCUT2D eigenvalue weighted by Gasteiger charge is 2.20. The van der Waals surface area contributed by atoms with Crippen molar-refractivity contribution in [2.75, 3.05) is 0 Å². The number of halogens is 1. The van der Waals surface area contributed by atoms with E-state index in [1.54, 1.807) is 12.1 Å². The number of nitrogens with zero attached hydrogens (tertiary/aromatic N) is 1. The number of fused-ring (bicyclic) bond motifs is 2. The summed E-state index contributed by atoms with van der Waals surface area (Å²) in [5.74, 6) is -0.200. The molecule has 2 aromatic carbocycles. The molecule has 0 saturated carbocycles. The normalized spacial score (nSPS) is 13.7. The first kappa shape index (κ1) is 11.6. The lowest BCUT2D eigenvalue weighted by Gasteiger charge is -2.12. The molecule has 4 rings (SSSR count). The zero-order valence-corrected chi connectivity index (χ0v) is 11.1. The Morgan fingerprint density at radius 3 is 2.65 bits per heavy atom. The van der Waals surface area contributed by atoms with Crippen LogP contribution in [0.1, 0.15) is 17.7 Å². The van der Waals surface area contributed by atoms with Gasteiger partial charge in [-0.15, -0.1) is 0 Å². The second-order valence-corrected chi connectivity index (χ2v) is 5.29. The zero-order valence-electron chi connectivity index (χ0n) is 11.1. The number of aromatic nitrogens is 1. The largest absolute Gasteiger partial charge is 0.253 e. The molecular formula is C18H14FN. The summed E-state index contributed by atoms with van der Waals surface area (Å²) in [6.45, 7) is 0. The molecule has 1 heterocycles. The minimum Gasteiger partial charge on any atom is -0.253 e. The Balaban J connectivity index is 2.13. The van der Waals surface area contributed by atoms with Gasteiger partial charge in [-0.2, -0.15) is 0 Å². The minimum absolute atomic E-state index is 0.200. The van der Waals surface area contributed by atoms with Crippen molar-refractivity contribution in [2.45, 2.75) is 19.3 Å². The fourth-order valence-electron chi connectivity index (χ4n) is 3.17. The van der Waals surface area contributed by atoms with Gasteiger partial charge in [-0.3, -0.25) is 4.98 Å². The van der Waals surface area contributed by atoms with Crippen LogP contribution in [0.15, 0.2) is 48.5 Å². The van der Waals surface area contributed by atoms with Crippen molar-refractivity contribution in [3.8, 4) is 11.1 Å². The number of hydrogen-bond acceptors (Lipinski definition) is 1. The predicted octanol–water partition coefficient (Wildman–Crippen LogP) is 4.53. The van der Waals surface area contributed by atoms with E-state index in [1.807, 2.05) is 18.2 Å². The van der Waals surface area contributed by atoms with Gasteiger partial charge >= 0.3 is 0 Å². The van der Waals surface area contributed by atoms with Gasteiger partial charge in [0.1, 0.15) is 5.82 Å². The molecule has 0 saturated heterocycles.